The molecule has 2 unspecified atom stereocenters. The Hall–Kier alpha value is -0.0100. The molecule has 2 aliphatic rings. The van der Waals surface area contributed by atoms with Gasteiger partial charge in [-0.1, -0.05) is 12.2 Å². The van der Waals surface area contributed by atoms with E-state index in [0.29, 0.717) is 0 Å². The molecule has 1 aliphatic heterocycles. The van der Waals surface area contributed by atoms with Crippen molar-refractivity contribution in [2.75, 3.05) is 6.61 Å². The summed E-state index contributed by atoms with van der Waals surface area (Å²) in [5.74, 6) is 0. The van der Waals surface area contributed by atoms with Crippen LogP contribution in [0.4, 0.5) is 0 Å². The Balaban J connectivity index is 2.06. The van der Waals surface area contributed by atoms with E-state index in [-0.39, 0.29) is 11.0 Å². The van der Waals surface area contributed by atoms with Gasteiger partial charge in [0.1, 0.15) is 0 Å². The van der Waals surface area contributed by atoms with E-state index in [2.05, 4.69) is 12.2 Å². The number of hydrogen-bond donors (Lipinski definition) is 0. The molecule has 13 heavy (non-hydrogen) atoms. The minimum atomic E-state index is 0.0574. The van der Waals surface area contributed by atoms with Gasteiger partial charge in [-0.25, -0.2) is 0 Å². The zero-order valence-corrected chi connectivity index (χ0v) is 8.72. The van der Waals surface area contributed by atoms with Crippen LogP contribution in [0.15, 0.2) is 12.2 Å². The normalized spacial score (nSPS) is 40.5. The summed E-state index contributed by atoms with van der Waals surface area (Å²) in [5.41, 5.74) is 0.0574. The summed E-state index contributed by atoms with van der Waals surface area (Å²) in [5, 5.41) is 0.227. The van der Waals surface area contributed by atoms with E-state index >= 15 is 0 Å². The fourth-order valence-corrected chi connectivity index (χ4v) is 2.49. The summed E-state index contributed by atoms with van der Waals surface area (Å²) in [4.78, 5) is 0. The lowest BCUT2D eigenvalue weighted by molar-refractivity contribution is -0.0484. The minimum Gasteiger partial charge on any atom is -0.371 e. The van der Waals surface area contributed by atoms with Gasteiger partial charge in [0, 0.05) is 6.61 Å². The second kappa shape index (κ2) is 4.02. The molecule has 0 amide bonds. The quantitative estimate of drug-likeness (QED) is 0.431. The van der Waals surface area contributed by atoms with Crippen LogP contribution in [0.1, 0.15) is 38.5 Å². The molecule has 0 radical (unpaired) electrons. The molecular formula is C11H17ClO. The Kier molecular flexibility index (Phi) is 2.95. The number of halogens is 1. The SMILES string of the molecule is ClC1C=CC2(CCCCO2)CCC1. The smallest absolute Gasteiger partial charge is 0.0863 e. The molecule has 1 spiro atoms. The zero-order valence-electron chi connectivity index (χ0n) is 7.97. The maximum Gasteiger partial charge on any atom is 0.0863 e. The first-order valence-corrected chi connectivity index (χ1v) is 5.72. The van der Waals surface area contributed by atoms with Crippen molar-refractivity contribution in [2.24, 2.45) is 0 Å². The van der Waals surface area contributed by atoms with E-state index in [9.17, 15) is 0 Å². The minimum absolute atomic E-state index is 0.0574. The van der Waals surface area contributed by atoms with Crippen molar-refractivity contribution in [3.05, 3.63) is 12.2 Å². The Morgan fingerprint density at radius 2 is 2.08 bits per heavy atom. The van der Waals surface area contributed by atoms with Crippen LogP contribution in [0, 0.1) is 0 Å². The van der Waals surface area contributed by atoms with Crippen LogP contribution in [-0.2, 0) is 4.74 Å². The molecule has 1 aliphatic carbocycles. The van der Waals surface area contributed by atoms with Crippen LogP contribution in [0.25, 0.3) is 0 Å². The highest BCUT2D eigenvalue weighted by atomic mass is 35.5. The first-order valence-electron chi connectivity index (χ1n) is 5.28. The molecule has 0 bridgehead atoms. The van der Waals surface area contributed by atoms with Crippen molar-refractivity contribution in [1.82, 2.24) is 0 Å². The van der Waals surface area contributed by atoms with E-state index in [1.165, 1.54) is 25.7 Å². The summed E-state index contributed by atoms with van der Waals surface area (Å²) < 4.78 is 5.89. The van der Waals surface area contributed by atoms with E-state index < -0.39 is 0 Å². The third kappa shape index (κ3) is 2.26. The molecule has 0 N–H and O–H groups in total. The molecule has 1 heterocycles. The third-order valence-electron chi connectivity index (χ3n) is 3.07. The zero-order chi connectivity index (χ0) is 9.15. The highest BCUT2D eigenvalue weighted by Gasteiger charge is 2.31. The molecule has 74 valence electrons. The molecule has 1 saturated heterocycles. The van der Waals surface area contributed by atoms with Gasteiger partial charge in [0.25, 0.3) is 0 Å². The Morgan fingerprint density at radius 3 is 2.85 bits per heavy atom. The molecule has 1 nitrogen and oxygen atoms in total. The highest BCUT2D eigenvalue weighted by Crippen LogP contribution is 2.34. The lowest BCUT2D eigenvalue weighted by Crippen LogP contribution is -2.33. The number of allylic oxidation sites excluding steroid dienone is 1. The molecule has 2 heteroatoms. The van der Waals surface area contributed by atoms with E-state index in [0.717, 1.165) is 19.4 Å². The predicted octanol–water partition coefficient (Wildman–Crippen LogP) is 3.27. The van der Waals surface area contributed by atoms with Gasteiger partial charge in [-0.3, -0.25) is 0 Å². The number of alkyl halides is 1. The molecule has 0 aromatic carbocycles. The average Bonchev–Trinajstić information content (AvgIpc) is 2.32. The largest absolute Gasteiger partial charge is 0.371 e. The maximum atomic E-state index is 6.08. The third-order valence-corrected chi connectivity index (χ3v) is 3.44. The van der Waals surface area contributed by atoms with Gasteiger partial charge in [0.15, 0.2) is 0 Å². The van der Waals surface area contributed by atoms with Crippen molar-refractivity contribution in [3.63, 3.8) is 0 Å². The Morgan fingerprint density at radius 1 is 1.23 bits per heavy atom. The Labute approximate surface area is 85.1 Å². The second-order valence-electron chi connectivity index (χ2n) is 4.14. The van der Waals surface area contributed by atoms with Crippen LogP contribution in [0.5, 0.6) is 0 Å². The van der Waals surface area contributed by atoms with Gasteiger partial charge in [-0.2, -0.15) is 0 Å². The fraction of sp³-hybridized carbons (Fsp3) is 0.818. The van der Waals surface area contributed by atoms with Crippen LogP contribution >= 0.6 is 11.6 Å². The molecule has 0 aromatic heterocycles. The van der Waals surface area contributed by atoms with Gasteiger partial charge >= 0.3 is 0 Å². The van der Waals surface area contributed by atoms with Crippen molar-refractivity contribution in [3.8, 4) is 0 Å². The maximum absolute atomic E-state index is 6.08. The van der Waals surface area contributed by atoms with E-state index in [1.54, 1.807) is 0 Å². The number of rotatable bonds is 0. The van der Waals surface area contributed by atoms with Gasteiger partial charge in [0.2, 0.25) is 0 Å². The molecule has 1 fully saturated rings. The lowest BCUT2D eigenvalue weighted by atomic mass is 9.89. The van der Waals surface area contributed by atoms with Crippen LogP contribution in [-0.4, -0.2) is 17.6 Å². The summed E-state index contributed by atoms with van der Waals surface area (Å²) >= 11 is 6.08. The number of hydrogen-bond acceptors (Lipinski definition) is 1. The summed E-state index contributed by atoms with van der Waals surface area (Å²) in [6, 6.07) is 0. The summed E-state index contributed by atoms with van der Waals surface area (Å²) in [7, 11) is 0. The monoisotopic (exact) mass is 200 g/mol. The van der Waals surface area contributed by atoms with E-state index in [1.807, 2.05) is 0 Å². The predicted molar refractivity (Wildman–Crippen MR) is 55.2 cm³/mol. The van der Waals surface area contributed by atoms with Crippen LogP contribution in [0.2, 0.25) is 0 Å². The van der Waals surface area contributed by atoms with Crippen molar-refractivity contribution in [2.45, 2.75) is 49.5 Å². The lowest BCUT2D eigenvalue weighted by Gasteiger charge is -2.34. The van der Waals surface area contributed by atoms with E-state index in [4.69, 9.17) is 16.3 Å². The highest BCUT2D eigenvalue weighted by molar-refractivity contribution is 6.21. The first-order chi connectivity index (χ1) is 6.31. The number of ether oxygens (including phenoxy) is 1. The van der Waals surface area contributed by atoms with Gasteiger partial charge in [-0.05, 0) is 38.5 Å². The van der Waals surface area contributed by atoms with Crippen LogP contribution < -0.4 is 0 Å². The molecule has 2 rings (SSSR count). The summed E-state index contributed by atoms with van der Waals surface area (Å²) in [6.07, 6.45) is 11.5. The molecule has 0 aromatic rings. The van der Waals surface area contributed by atoms with Gasteiger partial charge in [0.05, 0.1) is 11.0 Å². The van der Waals surface area contributed by atoms with Crippen LogP contribution in [0.3, 0.4) is 0 Å². The molecular weight excluding hydrogens is 184 g/mol. The fourth-order valence-electron chi connectivity index (χ4n) is 2.26. The topological polar surface area (TPSA) is 9.23 Å². The average molecular weight is 201 g/mol. The molecule has 0 saturated carbocycles. The second-order valence-corrected chi connectivity index (χ2v) is 4.70. The van der Waals surface area contributed by atoms with Crippen molar-refractivity contribution in [1.29, 1.82) is 0 Å². The van der Waals surface area contributed by atoms with Crippen molar-refractivity contribution < 1.29 is 4.74 Å². The molecule has 2 atom stereocenters. The standard InChI is InChI=1S/C11H17ClO/c12-10-4-3-7-11(8-5-10)6-1-2-9-13-11/h5,8,10H,1-4,6-7,9H2. The van der Waals surface area contributed by atoms with Gasteiger partial charge in [-0.15, -0.1) is 11.6 Å². The Bertz CT molecular complexity index is 194. The summed E-state index contributed by atoms with van der Waals surface area (Å²) in [6.45, 7) is 0.928. The van der Waals surface area contributed by atoms with Gasteiger partial charge < -0.3 is 4.74 Å². The van der Waals surface area contributed by atoms with Crippen molar-refractivity contribution >= 4 is 11.6 Å². The first kappa shape index (κ1) is 9.54.